The summed E-state index contributed by atoms with van der Waals surface area (Å²) in [4.78, 5) is 31.2. The van der Waals surface area contributed by atoms with Crippen molar-refractivity contribution in [1.29, 1.82) is 0 Å². The van der Waals surface area contributed by atoms with Crippen LogP contribution in [-0.2, 0) is 6.18 Å². The summed E-state index contributed by atoms with van der Waals surface area (Å²) in [5, 5.41) is 0. The van der Waals surface area contributed by atoms with Gasteiger partial charge in [-0.1, -0.05) is 43.3 Å². The van der Waals surface area contributed by atoms with Gasteiger partial charge in [-0.05, 0) is 23.6 Å². The number of H-pyrrole nitrogens is 1. The Kier molecular flexibility index (Phi) is 5.63. The van der Waals surface area contributed by atoms with Gasteiger partial charge in [0.1, 0.15) is 17.3 Å². The Balaban J connectivity index is 1.83. The summed E-state index contributed by atoms with van der Waals surface area (Å²) in [6.07, 6.45) is -4.93. The van der Waals surface area contributed by atoms with Gasteiger partial charge in [-0.2, -0.15) is 13.2 Å². The van der Waals surface area contributed by atoms with Gasteiger partial charge in [0.15, 0.2) is 5.78 Å². The molecule has 0 amide bonds. The van der Waals surface area contributed by atoms with E-state index < -0.39 is 34.8 Å². The van der Waals surface area contributed by atoms with E-state index in [4.69, 9.17) is 0 Å². The summed E-state index contributed by atoms with van der Waals surface area (Å²) in [6, 6.07) is 12.4. The number of hydrogen-bond donors (Lipinski definition) is 1. The largest absolute Gasteiger partial charge is 0.419 e. The molecule has 1 N–H and O–H groups in total. The molecule has 0 aliphatic carbocycles. The number of nitrogens with zero attached hydrogens (tertiary/aromatic N) is 1. The van der Waals surface area contributed by atoms with Crippen LogP contribution in [0.25, 0.3) is 11.4 Å². The summed E-state index contributed by atoms with van der Waals surface area (Å²) in [5.41, 5.74) is -1.06. The molecule has 0 radical (unpaired) electrons. The molecule has 3 aromatic rings. The number of carbonyl (C=O) groups excluding carboxylic acids is 1. The fourth-order valence-electron chi connectivity index (χ4n) is 2.90. The number of ketones is 1. The van der Waals surface area contributed by atoms with E-state index in [1.165, 1.54) is 0 Å². The predicted octanol–water partition coefficient (Wildman–Crippen LogP) is 4.97. The second kappa shape index (κ2) is 7.98. The van der Waals surface area contributed by atoms with E-state index in [0.717, 1.165) is 18.2 Å². The van der Waals surface area contributed by atoms with Crippen LogP contribution in [0.15, 0.2) is 59.4 Å². The zero-order valence-corrected chi connectivity index (χ0v) is 15.3. The summed E-state index contributed by atoms with van der Waals surface area (Å²) in [7, 11) is 0. The van der Waals surface area contributed by atoms with Gasteiger partial charge in [-0.25, -0.2) is 9.37 Å². The van der Waals surface area contributed by atoms with Crippen LogP contribution < -0.4 is 5.56 Å². The number of nitrogens with one attached hydrogen (secondary N) is 1. The average Bonchev–Trinajstić information content (AvgIpc) is 2.67. The number of rotatable bonds is 5. The molecule has 150 valence electrons. The fraction of sp³-hybridized carbons (Fsp3) is 0.190. The third-order valence-electron chi connectivity index (χ3n) is 4.43. The van der Waals surface area contributed by atoms with Gasteiger partial charge in [0.25, 0.3) is 5.56 Å². The Hall–Kier alpha value is -3.29. The minimum Gasteiger partial charge on any atom is -0.306 e. The van der Waals surface area contributed by atoms with E-state index in [1.807, 2.05) is 0 Å². The second-order valence-electron chi connectivity index (χ2n) is 6.61. The molecule has 0 aliphatic rings. The highest BCUT2D eigenvalue weighted by atomic mass is 19.4. The molecule has 0 fully saturated rings. The monoisotopic (exact) mass is 404 g/mol. The van der Waals surface area contributed by atoms with Crippen LogP contribution in [0.4, 0.5) is 17.6 Å². The number of benzene rings is 2. The third-order valence-corrected chi connectivity index (χ3v) is 4.43. The lowest BCUT2D eigenvalue weighted by atomic mass is 9.93. The Labute approximate surface area is 163 Å². The first kappa shape index (κ1) is 20.4. The van der Waals surface area contributed by atoms with Crippen molar-refractivity contribution in [3.05, 3.63) is 87.6 Å². The number of Topliss-reactive ketones (excluding diaryl/α,β-unsaturated/α-hetero) is 1. The zero-order chi connectivity index (χ0) is 21.2. The maximum absolute atomic E-state index is 13.8. The van der Waals surface area contributed by atoms with Crippen LogP contribution in [0.2, 0.25) is 0 Å². The van der Waals surface area contributed by atoms with E-state index in [0.29, 0.717) is 11.6 Å². The summed E-state index contributed by atoms with van der Waals surface area (Å²) in [5.74, 6) is -2.20. The molecule has 1 heterocycles. The van der Waals surface area contributed by atoms with Crippen LogP contribution in [0.1, 0.15) is 40.9 Å². The maximum atomic E-state index is 13.8. The summed E-state index contributed by atoms with van der Waals surface area (Å²) in [6.45, 7) is 1.59. The van der Waals surface area contributed by atoms with Crippen LogP contribution in [0, 0.1) is 5.82 Å². The highest BCUT2D eigenvalue weighted by Gasteiger charge is 2.34. The lowest BCUT2D eigenvalue weighted by Crippen LogP contribution is -2.15. The van der Waals surface area contributed by atoms with Crippen LogP contribution in [0.5, 0.6) is 0 Å². The lowest BCUT2D eigenvalue weighted by molar-refractivity contribution is -0.140. The topological polar surface area (TPSA) is 62.8 Å². The molecular formula is C21H16F4N2O2. The molecule has 0 spiro atoms. The summed E-state index contributed by atoms with van der Waals surface area (Å²) >= 11 is 0. The predicted molar refractivity (Wildman–Crippen MR) is 99.1 cm³/mol. The molecular weight excluding hydrogens is 388 g/mol. The maximum Gasteiger partial charge on any atom is 0.419 e. The Morgan fingerprint density at radius 3 is 2.41 bits per heavy atom. The van der Waals surface area contributed by atoms with Crippen molar-refractivity contribution in [2.75, 3.05) is 0 Å². The fourth-order valence-corrected chi connectivity index (χ4v) is 2.90. The molecule has 0 saturated heterocycles. The Morgan fingerprint density at radius 2 is 1.79 bits per heavy atom. The zero-order valence-electron chi connectivity index (χ0n) is 15.3. The molecule has 0 unspecified atom stereocenters. The quantitative estimate of drug-likeness (QED) is 0.482. The molecule has 3 rings (SSSR count). The normalized spacial score (nSPS) is 12.6. The number of halogens is 4. The van der Waals surface area contributed by atoms with Gasteiger partial charge >= 0.3 is 6.18 Å². The van der Waals surface area contributed by atoms with Crippen molar-refractivity contribution in [2.24, 2.45) is 0 Å². The van der Waals surface area contributed by atoms with E-state index in [9.17, 15) is 27.2 Å². The van der Waals surface area contributed by atoms with E-state index in [-0.39, 0.29) is 23.5 Å². The van der Waals surface area contributed by atoms with Crippen LogP contribution in [0.3, 0.4) is 0 Å². The summed E-state index contributed by atoms with van der Waals surface area (Å²) < 4.78 is 51.9. The van der Waals surface area contributed by atoms with Crippen molar-refractivity contribution in [3.8, 4) is 11.4 Å². The van der Waals surface area contributed by atoms with Crippen molar-refractivity contribution in [2.45, 2.75) is 25.4 Å². The molecule has 2 aromatic carbocycles. The lowest BCUT2D eigenvalue weighted by Gasteiger charge is -2.14. The first-order valence-corrected chi connectivity index (χ1v) is 8.72. The van der Waals surface area contributed by atoms with Crippen molar-refractivity contribution >= 4 is 5.78 Å². The molecule has 8 heteroatoms. The van der Waals surface area contributed by atoms with Gasteiger partial charge in [0.05, 0.1) is 5.56 Å². The van der Waals surface area contributed by atoms with Gasteiger partial charge in [-0.15, -0.1) is 0 Å². The first-order chi connectivity index (χ1) is 13.6. The highest BCUT2D eigenvalue weighted by molar-refractivity contribution is 5.95. The SMILES string of the molecule is C[C@@H](CC(=O)c1cc(=O)[nH]c(-c2ccccc2)n1)c1ccc(C(F)(F)F)c(F)c1. The minimum atomic E-state index is -4.79. The van der Waals surface area contributed by atoms with Crippen molar-refractivity contribution < 1.29 is 22.4 Å². The molecule has 1 aromatic heterocycles. The van der Waals surface area contributed by atoms with E-state index in [1.54, 1.807) is 37.3 Å². The number of hydrogen-bond acceptors (Lipinski definition) is 3. The molecule has 29 heavy (non-hydrogen) atoms. The number of aromatic nitrogens is 2. The smallest absolute Gasteiger partial charge is 0.306 e. The Bertz CT molecular complexity index is 1090. The van der Waals surface area contributed by atoms with Gasteiger partial charge in [-0.3, -0.25) is 9.59 Å². The standard InChI is InChI=1S/C21H16F4N2O2/c1-12(14-7-8-15(16(22)10-14)21(23,24)25)9-18(28)17-11-19(29)27-20(26-17)13-5-3-2-4-6-13/h2-8,10-12H,9H2,1H3,(H,26,27,29)/t12-/m0/s1. The van der Waals surface area contributed by atoms with Crippen LogP contribution >= 0.6 is 0 Å². The van der Waals surface area contributed by atoms with E-state index in [2.05, 4.69) is 9.97 Å². The third kappa shape index (κ3) is 4.77. The van der Waals surface area contributed by atoms with Gasteiger partial charge < -0.3 is 4.98 Å². The number of carbonyl (C=O) groups is 1. The van der Waals surface area contributed by atoms with Crippen molar-refractivity contribution in [3.63, 3.8) is 0 Å². The van der Waals surface area contributed by atoms with Gasteiger partial charge in [0.2, 0.25) is 0 Å². The van der Waals surface area contributed by atoms with Gasteiger partial charge in [0, 0.05) is 18.1 Å². The first-order valence-electron chi connectivity index (χ1n) is 8.72. The second-order valence-corrected chi connectivity index (χ2v) is 6.61. The van der Waals surface area contributed by atoms with Crippen molar-refractivity contribution in [1.82, 2.24) is 9.97 Å². The Morgan fingerprint density at radius 1 is 1.10 bits per heavy atom. The van der Waals surface area contributed by atoms with Crippen LogP contribution in [-0.4, -0.2) is 15.8 Å². The minimum absolute atomic E-state index is 0.0631. The molecule has 0 bridgehead atoms. The molecule has 0 aliphatic heterocycles. The molecule has 0 saturated carbocycles. The number of alkyl halides is 3. The average molecular weight is 404 g/mol. The molecule has 1 atom stereocenters. The number of aromatic amines is 1. The molecule has 4 nitrogen and oxygen atoms in total. The highest BCUT2D eigenvalue weighted by Crippen LogP contribution is 2.33. The van der Waals surface area contributed by atoms with E-state index >= 15 is 0 Å².